The molecule has 2 unspecified atom stereocenters. The van der Waals surface area contributed by atoms with Gasteiger partial charge in [-0.1, -0.05) is 0 Å². The van der Waals surface area contributed by atoms with E-state index in [9.17, 15) is 9.59 Å². The summed E-state index contributed by atoms with van der Waals surface area (Å²) in [5.41, 5.74) is 0. The maximum atomic E-state index is 10.5. The zero-order chi connectivity index (χ0) is 9.72. The van der Waals surface area contributed by atoms with E-state index in [2.05, 4.69) is 7.64 Å². The number of aliphatic hydroxyl groups excluding tert-OH is 2. The second-order valence-corrected chi connectivity index (χ2v) is 2.48. The van der Waals surface area contributed by atoms with Gasteiger partial charge in [-0.15, -0.1) is 0 Å². The van der Waals surface area contributed by atoms with E-state index in [0.29, 0.717) is 0 Å². The molecule has 0 aromatic carbocycles. The van der Waals surface area contributed by atoms with Crippen molar-refractivity contribution in [3.8, 4) is 0 Å². The molecular formula is C4H6O6Se2. The van der Waals surface area contributed by atoms with Crippen molar-refractivity contribution in [2.45, 2.75) is 12.2 Å². The van der Waals surface area contributed by atoms with Gasteiger partial charge in [-0.25, -0.2) is 0 Å². The van der Waals surface area contributed by atoms with Gasteiger partial charge in [-0.3, -0.25) is 0 Å². The Bertz CT molecular complexity index is 162. The van der Waals surface area contributed by atoms with Crippen LogP contribution in [0.3, 0.4) is 0 Å². The fourth-order valence-corrected chi connectivity index (χ4v) is 0.819. The van der Waals surface area contributed by atoms with Gasteiger partial charge in [0.25, 0.3) is 0 Å². The fraction of sp³-hybridized carbons (Fsp3) is 0.500. The molecule has 70 valence electrons. The SMILES string of the molecule is O=C(O[SeH])C(O)C(O)C(=O)O[SeH]. The molecule has 0 saturated carbocycles. The summed E-state index contributed by atoms with van der Waals surface area (Å²) in [7, 11) is 0. The Kier molecular flexibility index (Phi) is 5.48. The van der Waals surface area contributed by atoms with Gasteiger partial charge in [0.15, 0.2) is 0 Å². The molecule has 0 amide bonds. The molecular weight excluding hydrogens is 302 g/mol. The molecule has 8 heteroatoms. The van der Waals surface area contributed by atoms with E-state index in [-0.39, 0.29) is 0 Å². The summed E-state index contributed by atoms with van der Waals surface area (Å²) >= 11 is 2.88. The van der Waals surface area contributed by atoms with Crippen LogP contribution in [0.25, 0.3) is 0 Å². The van der Waals surface area contributed by atoms with Crippen molar-refractivity contribution < 1.29 is 27.4 Å². The van der Waals surface area contributed by atoms with Gasteiger partial charge < -0.3 is 0 Å². The second kappa shape index (κ2) is 5.53. The van der Waals surface area contributed by atoms with Crippen molar-refractivity contribution in [1.29, 1.82) is 0 Å². The van der Waals surface area contributed by atoms with Crippen molar-refractivity contribution >= 4 is 44.6 Å². The van der Waals surface area contributed by atoms with E-state index in [4.69, 9.17) is 10.2 Å². The first kappa shape index (κ1) is 11.9. The molecule has 0 aliphatic rings. The molecule has 0 saturated heterocycles. The minimum atomic E-state index is -1.93. The van der Waals surface area contributed by atoms with Crippen molar-refractivity contribution in [3.63, 3.8) is 0 Å². The molecule has 0 aliphatic carbocycles. The molecule has 0 aromatic heterocycles. The normalized spacial score (nSPS) is 14.7. The van der Waals surface area contributed by atoms with Crippen LogP contribution in [0.1, 0.15) is 0 Å². The van der Waals surface area contributed by atoms with Crippen molar-refractivity contribution in [3.05, 3.63) is 0 Å². The summed E-state index contributed by atoms with van der Waals surface area (Å²) in [5, 5.41) is 17.7. The third kappa shape index (κ3) is 3.10. The molecule has 0 spiro atoms. The Balaban J connectivity index is 4.18. The van der Waals surface area contributed by atoms with E-state index in [1.165, 1.54) is 32.7 Å². The third-order valence-electron chi connectivity index (χ3n) is 0.962. The molecule has 2 atom stereocenters. The predicted octanol–water partition coefficient (Wildman–Crippen LogP) is -3.57. The van der Waals surface area contributed by atoms with Gasteiger partial charge in [0, 0.05) is 0 Å². The summed E-state index contributed by atoms with van der Waals surface area (Å²) in [6, 6.07) is 0. The standard InChI is InChI=1S/C4H6O6Se2/c5-1(3(7)9-11)2(6)4(8)10-12/h1-2,5-6,11-12H. The number of hydrogen-bond acceptors (Lipinski definition) is 6. The predicted molar refractivity (Wildman–Crippen MR) is 38.5 cm³/mol. The minimum absolute atomic E-state index is 1.12. The maximum absolute atomic E-state index is 10.5. The van der Waals surface area contributed by atoms with Crippen LogP contribution in [0.2, 0.25) is 0 Å². The second-order valence-electron chi connectivity index (χ2n) is 1.71. The molecule has 12 heavy (non-hydrogen) atoms. The van der Waals surface area contributed by atoms with Crippen molar-refractivity contribution in [1.82, 2.24) is 0 Å². The van der Waals surface area contributed by atoms with Crippen LogP contribution in [-0.4, -0.2) is 67.0 Å². The van der Waals surface area contributed by atoms with Crippen molar-refractivity contribution in [2.24, 2.45) is 0 Å². The van der Waals surface area contributed by atoms with Crippen molar-refractivity contribution in [2.75, 3.05) is 0 Å². The Morgan fingerprint density at radius 1 is 1.00 bits per heavy atom. The van der Waals surface area contributed by atoms with E-state index in [0.717, 1.165) is 0 Å². The summed E-state index contributed by atoms with van der Waals surface area (Å²) in [4.78, 5) is 21.0. The number of aliphatic hydroxyl groups is 2. The number of carbonyl (C=O) groups excluding carboxylic acids is 2. The number of rotatable bonds is 3. The van der Waals surface area contributed by atoms with Crippen LogP contribution in [0, 0.1) is 0 Å². The molecule has 2 N–H and O–H groups in total. The molecule has 0 radical (unpaired) electrons. The Labute approximate surface area is 84.5 Å². The van der Waals surface area contributed by atoms with Gasteiger partial charge in [0.1, 0.15) is 0 Å². The first-order valence-electron chi connectivity index (χ1n) is 2.61. The average Bonchev–Trinajstić information content (AvgIpc) is 2.12. The molecule has 0 rings (SSSR count). The number of carbonyl (C=O) groups is 2. The molecule has 0 heterocycles. The van der Waals surface area contributed by atoms with E-state index in [1.807, 2.05) is 0 Å². The van der Waals surface area contributed by atoms with E-state index in [1.54, 1.807) is 0 Å². The van der Waals surface area contributed by atoms with Crippen LogP contribution >= 0.6 is 0 Å². The zero-order valence-corrected chi connectivity index (χ0v) is 9.33. The van der Waals surface area contributed by atoms with Gasteiger partial charge in [0.05, 0.1) is 0 Å². The van der Waals surface area contributed by atoms with Crippen LogP contribution in [0.4, 0.5) is 0 Å². The van der Waals surface area contributed by atoms with Gasteiger partial charge >= 0.3 is 84.3 Å². The van der Waals surface area contributed by atoms with Crippen LogP contribution < -0.4 is 0 Å². The van der Waals surface area contributed by atoms with Crippen LogP contribution in [0.5, 0.6) is 0 Å². The van der Waals surface area contributed by atoms with Gasteiger partial charge in [-0.05, 0) is 0 Å². The summed E-state index contributed by atoms with van der Waals surface area (Å²) in [6.07, 6.45) is -3.85. The quantitative estimate of drug-likeness (QED) is 0.524. The molecule has 6 nitrogen and oxygen atoms in total. The first-order valence-corrected chi connectivity index (χ1v) is 4.14. The first-order chi connectivity index (χ1) is 5.54. The van der Waals surface area contributed by atoms with Crippen LogP contribution in [0.15, 0.2) is 0 Å². The number of hydrogen-bond donors (Lipinski definition) is 2. The van der Waals surface area contributed by atoms with E-state index >= 15 is 0 Å². The summed E-state index contributed by atoms with van der Waals surface area (Å²) in [6.45, 7) is 0. The summed E-state index contributed by atoms with van der Waals surface area (Å²) < 4.78 is 8.01. The fourth-order valence-electron chi connectivity index (χ4n) is 0.366. The molecule has 0 fully saturated rings. The topological polar surface area (TPSA) is 93.1 Å². The van der Waals surface area contributed by atoms with Gasteiger partial charge in [-0.2, -0.15) is 0 Å². The Morgan fingerprint density at radius 3 is 1.42 bits per heavy atom. The summed E-state index contributed by atoms with van der Waals surface area (Å²) in [5.74, 6) is -2.25. The Morgan fingerprint density at radius 2 is 1.25 bits per heavy atom. The van der Waals surface area contributed by atoms with E-state index < -0.39 is 24.1 Å². The molecule has 0 aliphatic heterocycles. The van der Waals surface area contributed by atoms with Gasteiger partial charge in [0.2, 0.25) is 0 Å². The average molecular weight is 308 g/mol. The zero-order valence-electron chi connectivity index (χ0n) is 5.58. The Hall–Kier alpha value is -0.101. The molecule has 0 bridgehead atoms. The van der Waals surface area contributed by atoms with Crippen LogP contribution in [-0.2, 0) is 17.2 Å². The monoisotopic (exact) mass is 310 g/mol. The third-order valence-corrected chi connectivity index (χ3v) is 1.72. The molecule has 0 aromatic rings.